The van der Waals surface area contributed by atoms with E-state index in [0.29, 0.717) is 11.4 Å². The van der Waals surface area contributed by atoms with Crippen LogP contribution in [0.5, 0.6) is 0 Å². The molecule has 0 aliphatic heterocycles. The molecule has 0 unspecified atom stereocenters. The lowest BCUT2D eigenvalue weighted by Crippen LogP contribution is -2.00. The number of benzene rings is 1. The van der Waals surface area contributed by atoms with Crippen molar-refractivity contribution in [1.29, 1.82) is 5.26 Å². The second kappa shape index (κ2) is 6.84. The molecule has 1 aromatic carbocycles. The summed E-state index contributed by atoms with van der Waals surface area (Å²) in [5, 5.41) is 17.4. The highest BCUT2D eigenvalue weighted by Gasteiger charge is 2.16. The average molecular weight is 303 g/mol. The Balaban J connectivity index is 2.01. The van der Waals surface area contributed by atoms with Crippen molar-refractivity contribution in [2.75, 3.05) is 0 Å². The summed E-state index contributed by atoms with van der Waals surface area (Å²) in [7, 11) is 0. The van der Waals surface area contributed by atoms with Gasteiger partial charge in [0.25, 0.3) is 0 Å². The van der Waals surface area contributed by atoms with Gasteiger partial charge in [-0.15, -0.1) is 5.10 Å². The lowest BCUT2D eigenvalue weighted by Gasteiger charge is -2.07. The van der Waals surface area contributed by atoms with E-state index in [1.54, 1.807) is 17.1 Å². The largest absolute Gasteiger partial charge is 0.264 e. The third kappa shape index (κ3) is 3.11. The van der Waals surface area contributed by atoms with Crippen molar-refractivity contribution in [3.05, 3.63) is 60.0 Å². The highest BCUT2D eigenvalue weighted by Crippen LogP contribution is 2.24. The molecule has 3 rings (SSSR count). The topological polar surface area (TPSA) is 67.4 Å². The fourth-order valence-corrected chi connectivity index (χ4v) is 2.48. The Morgan fingerprint density at radius 2 is 2.00 bits per heavy atom. The molecule has 0 saturated carbocycles. The van der Waals surface area contributed by atoms with Gasteiger partial charge < -0.3 is 0 Å². The summed E-state index contributed by atoms with van der Waals surface area (Å²) < 4.78 is 1.69. The number of pyridine rings is 1. The fraction of sp³-hybridized carbons (Fsp3) is 0.222. The van der Waals surface area contributed by atoms with Crippen molar-refractivity contribution < 1.29 is 0 Å². The molecule has 3 aromatic rings. The Labute approximate surface area is 135 Å². The SMILES string of the molecule is CCCCc1ccc(-n2nnc(C#N)c2-c2cccnc2)cc1. The Bertz CT molecular complexity index is 813. The Hall–Kier alpha value is -3.00. The van der Waals surface area contributed by atoms with E-state index in [0.717, 1.165) is 17.7 Å². The third-order valence-corrected chi connectivity index (χ3v) is 3.71. The van der Waals surface area contributed by atoms with Crippen molar-refractivity contribution >= 4 is 0 Å². The summed E-state index contributed by atoms with van der Waals surface area (Å²) in [6.45, 7) is 2.19. The van der Waals surface area contributed by atoms with Crippen LogP contribution in [0.4, 0.5) is 0 Å². The Morgan fingerprint density at radius 3 is 2.65 bits per heavy atom. The van der Waals surface area contributed by atoms with Gasteiger partial charge in [0.15, 0.2) is 5.69 Å². The van der Waals surface area contributed by atoms with Crippen molar-refractivity contribution in [3.8, 4) is 23.0 Å². The first-order valence-corrected chi connectivity index (χ1v) is 7.69. The monoisotopic (exact) mass is 303 g/mol. The van der Waals surface area contributed by atoms with Crippen LogP contribution < -0.4 is 0 Å². The lowest BCUT2D eigenvalue weighted by molar-refractivity contribution is 0.789. The minimum Gasteiger partial charge on any atom is -0.264 e. The molecule has 0 spiro atoms. The molecule has 5 heteroatoms. The van der Waals surface area contributed by atoms with Crippen LogP contribution in [-0.2, 0) is 6.42 Å². The molecule has 0 radical (unpaired) electrons. The highest BCUT2D eigenvalue weighted by atomic mass is 15.4. The number of rotatable bonds is 5. The van der Waals surface area contributed by atoms with Gasteiger partial charge in [-0.05, 0) is 42.7 Å². The Kier molecular flexibility index (Phi) is 4.44. The van der Waals surface area contributed by atoms with E-state index in [-0.39, 0.29) is 0 Å². The van der Waals surface area contributed by atoms with Gasteiger partial charge in [0, 0.05) is 18.0 Å². The minimum absolute atomic E-state index is 0.299. The Morgan fingerprint density at radius 1 is 1.17 bits per heavy atom. The quantitative estimate of drug-likeness (QED) is 0.723. The second-order valence-corrected chi connectivity index (χ2v) is 5.32. The molecule has 23 heavy (non-hydrogen) atoms. The van der Waals surface area contributed by atoms with E-state index < -0.39 is 0 Å². The van der Waals surface area contributed by atoms with Crippen molar-refractivity contribution in [2.24, 2.45) is 0 Å². The molecule has 2 heterocycles. The van der Waals surface area contributed by atoms with E-state index in [9.17, 15) is 5.26 Å². The van der Waals surface area contributed by atoms with Crippen LogP contribution in [0.3, 0.4) is 0 Å². The molecular formula is C18H17N5. The molecule has 0 bridgehead atoms. The second-order valence-electron chi connectivity index (χ2n) is 5.32. The highest BCUT2D eigenvalue weighted by molar-refractivity contribution is 5.66. The molecule has 0 aliphatic rings. The number of aryl methyl sites for hydroxylation is 1. The molecule has 5 nitrogen and oxygen atoms in total. The predicted molar refractivity (Wildman–Crippen MR) is 87.9 cm³/mol. The van der Waals surface area contributed by atoms with E-state index in [2.05, 4.69) is 40.4 Å². The number of hydrogen-bond donors (Lipinski definition) is 0. The number of hydrogen-bond acceptors (Lipinski definition) is 4. The van der Waals surface area contributed by atoms with Crippen LogP contribution in [0.25, 0.3) is 16.9 Å². The van der Waals surface area contributed by atoms with E-state index in [1.807, 2.05) is 24.3 Å². The zero-order chi connectivity index (χ0) is 16.1. The number of aromatic nitrogens is 4. The first kappa shape index (κ1) is 14.9. The molecule has 0 amide bonds. The lowest BCUT2D eigenvalue weighted by atomic mass is 10.1. The smallest absolute Gasteiger partial charge is 0.191 e. The summed E-state index contributed by atoms with van der Waals surface area (Å²) in [5.74, 6) is 0. The molecule has 0 aliphatic carbocycles. The van der Waals surface area contributed by atoms with Crippen LogP contribution in [0.15, 0.2) is 48.8 Å². The minimum atomic E-state index is 0.299. The van der Waals surface area contributed by atoms with E-state index >= 15 is 0 Å². The van der Waals surface area contributed by atoms with Crippen LogP contribution in [-0.4, -0.2) is 20.0 Å². The predicted octanol–water partition coefficient (Wildman–Crippen LogP) is 3.54. The standard InChI is InChI=1S/C18H17N5/c1-2-3-5-14-7-9-16(10-8-14)23-18(17(12-19)21-22-23)15-6-4-11-20-13-15/h4,6-11,13H,2-3,5H2,1H3. The van der Waals surface area contributed by atoms with Crippen molar-refractivity contribution in [1.82, 2.24) is 20.0 Å². The van der Waals surface area contributed by atoms with Gasteiger partial charge in [-0.1, -0.05) is 30.7 Å². The molecule has 0 saturated heterocycles. The molecule has 0 atom stereocenters. The zero-order valence-electron chi connectivity index (χ0n) is 13.0. The maximum absolute atomic E-state index is 9.29. The van der Waals surface area contributed by atoms with E-state index in [1.165, 1.54) is 18.4 Å². The first-order chi connectivity index (χ1) is 11.3. The summed E-state index contributed by atoms with van der Waals surface area (Å²) in [6, 6.07) is 14.1. The van der Waals surface area contributed by atoms with E-state index in [4.69, 9.17) is 0 Å². The average Bonchev–Trinajstić information content (AvgIpc) is 3.05. The molecule has 114 valence electrons. The summed E-state index contributed by atoms with van der Waals surface area (Å²) in [5.41, 5.74) is 3.98. The van der Waals surface area contributed by atoms with Gasteiger partial charge in [0.05, 0.1) is 5.69 Å². The first-order valence-electron chi connectivity index (χ1n) is 7.69. The third-order valence-electron chi connectivity index (χ3n) is 3.71. The van der Waals surface area contributed by atoms with Crippen LogP contribution in [0.2, 0.25) is 0 Å². The molecular weight excluding hydrogens is 286 g/mol. The van der Waals surface area contributed by atoms with Crippen LogP contribution >= 0.6 is 0 Å². The van der Waals surface area contributed by atoms with Gasteiger partial charge in [0.2, 0.25) is 0 Å². The van der Waals surface area contributed by atoms with Gasteiger partial charge in [-0.3, -0.25) is 4.98 Å². The van der Waals surface area contributed by atoms with Gasteiger partial charge in [-0.2, -0.15) is 5.26 Å². The number of nitriles is 1. The van der Waals surface area contributed by atoms with Crippen LogP contribution in [0, 0.1) is 11.3 Å². The fourth-order valence-electron chi connectivity index (χ4n) is 2.48. The van der Waals surface area contributed by atoms with Gasteiger partial charge in [-0.25, -0.2) is 4.68 Å². The molecule has 0 N–H and O–H groups in total. The molecule has 0 fully saturated rings. The van der Waals surface area contributed by atoms with Gasteiger partial charge >= 0.3 is 0 Å². The van der Waals surface area contributed by atoms with Crippen molar-refractivity contribution in [2.45, 2.75) is 26.2 Å². The van der Waals surface area contributed by atoms with Gasteiger partial charge in [0.1, 0.15) is 11.8 Å². The summed E-state index contributed by atoms with van der Waals surface area (Å²) >= 11 is 0. The summed E-state index contributed by atoms with van der Waals surface area (Å²) in [6.07, 6.45) is 6.86. The number of nitrogens with zero attached hydrogens (tertiary/aromatic N) is 5. The maximum atomic E-state index is 9.29. The normalized spacial score (nSPS) is 10.4. The maximum Gasteiger partial charge on any atom is 0.191 e. The van der Waals surface area contributed by atoms with Crippen molar-refractivity contribution in [3.63, 3.8) is 0 Å². The zero-order valence-corrected chi connectivity index (χ0v) is 13.0. The summed E-state index contributed by atoms with van der Waals surface area (Å²) in [4.78, 5) is 4.12. The van der Waals surface area contributed by atoms with Crippen LogP contribution in [0.1, 0.15) is 31.0 Å². The number of unbranched alkanes of at least 4 members (excludes halogenated alkanes) is 1. The molecule has 2 aromatic heterocycles.